The third kappa shape index (κ3) is 9.15. The minimum atomic E-state index is -3.89. The van der Waals surface area contributed by atoms with Crippen molar-refractivity contribution in [2.75, 3.05) is 6.54 Å². The number of hydrogen-bond donors (Lipinski definition) is 1. The van der Waals surface area contributed by atoms with Crippen LogP contribution in [0.2, 0.25) is 5.15 Å². The summed E-state index contributed by atoms with van der Waals surface area (Å²) in [5.41, 5.74) is 0.177. The van der Waals surface area contributed by atoms with Crippen LogP contribution in [-0.4, -0.2) is 80.9 Å². The molecule has 17 heteroatoms. The van der Waals surface area contributed by atoms with Gasteiger partial charge >= 0.3 is 0 Å². The van der Waals surface area contributed by atoms with Gasteiger partial charge in [-0.15, -0.1) is 0 Å². The molecule has 0 unspecified atom stereocenters. The number of carbonyl (C=O) groups is 3. The second-order valence-electron chi connectivity index (χ2n) is 17.5. The van der Waals surface area contributed by atoms with Crippen molar-refractivity contribution in [3.8, 4) is 23.0 Å². The average molecular weight is 899 g/mol. The first-order valence-electron chi connectivity index (χ1n) is 21.6. The molecule has 4 aliphatic rings. The molecule has 2 aromatic carbocycles. The van der Waals surface area contributed by atoms with Crippen LogP contribution in [0.3, 0.4) is 0 Å². The molecule has 2 aliphatic carbocycles. The van der Waals surface area contributed by atoms with Crippen LogP contribution in [0.15, 0.2) is 71.3 Å². The number of furan rings is 1. The Morgan fingerprint density at radius 2 is 1.86 bits per heavy atom. The number of Topliss-reactive ketones (excluding diaryl/α,β-unsaturated/α-hetero) is 1. The number of rotatable bonds is 10. The molecule has 63 heavy (non-hydrogen) atoms. The van der Waals surface area contributed by atoms with E-state index in [4.69, 9.17) is 35.5 Å². The van der Waals surface area contributed by atoms with Crippen LogP contribution in [0.1, 0.15) is 83.9 Å². The van der Waals surface area contributed by atoms with Crippen molar-refractivity contribution in [3.63, 3.8) is 0 Å². The first-order valence-corrected chi connectivity index (χ1v) is 23.6. The fourth-order valence-corrected chi connectivity index (χ4v) is 10.5. The van der Waals surface area contributed by atoms with Gasteiger partial charge in [0, 0.05) is 42.3 Å². The van der Waals surface area contributed by atoms with Crippen LogP contribution in [-0.2, 0) is 30.8 Å². The van der Waals surface area contributed by atoms with Gasteiger partial charge in [-0.2, -0.15) is 4.98 Å². The largest absolute Gasteiger partial charge is 0.491 e. The van der Waals surface area contributed by atoms with Crippen LogP contribution in [0.4, 0.5) is 4.39 Å². The lowest BCUT2D eigenvalue weighted by atomic mass is 9.90. The van der Waals surface area contributed by atoms with E-state index in [0.717, 1.165) is 25.7 Å². The number of nitrogens with zero attached hydrogens (tertiary/aromatic N) is 5. The van der Waals surface area contributed by atoms with Crippen LogP contribution in [0, 0.1) is 23.1 Å². The predicted octanol–water partition coefficient (Wildman–Crippen LogP) is 7.71. The van der Waals surface area contributed by atoms with Gasteiger partial charge in [-0.3, -0.25) is 19.1 Å². The Balaban J connectivity index is 1.08. The molecule has 5 heterocycles. The highest BCUT2D eigenvalue weighted by atomic mass is 35.5. The fourth-order valence-electron chi connectivity index (χ4n) is 8.93. The summed E-state index contributed by atoms with van der Waals surface area (Å²) in [6, 6.07) is 11.9. The molecule has 1 N–H and O–H groups in total. The van der Waals surface area contributed by atoms with Crippen molar-refractivity contribution in [1.82, 2.24) is 29.6 Å². The third-order valence-electron chi connectivity index (χ3n) is 12.4. The van der Waals surface area contributed by atoms with Gasteiger partial charge < -0.3 is 18.8 Å². The topological polar surface area (TPSA) is 184 Å². The van der Waals surface area contributed by atoms with Gasteiger partial charge in [0.05, 0.1) is 29.4 Å². The van der Waals surface area contributed by atoms with E-state index in [1.54, 1.807) is 30.3 Å². The highest BCUT2D eigenvalue weighted by Crippen LogP contribution is 2.57. The Morgan fingerprint density at radius 3 is 2.62 bits per heavy atom. The standard InChI is InChI=1S/C46H48ClFN6O8S/c1-26(2)60-31-13-10-27(11-14-31)42-51-40-34-21-30(48)12-17-37(34)62-41(40)43(52-42)61-32-22-35-36(55)24-46(45(57)53-63(58,59)33-15-16-33)23-29(46)9-7-5-3-4-6-8-28(44(56)54(35)25-32)20-39-49-19-18-38(47)50-39/h7,9-14,17-19,21,26,28-29,32-33,35H,3-6,8,15-16,20,22-25H2,1-2H3,(H,53,57)/b9-7-/t28-,29-,32-,35+,46-/m1/s1. The molecular weight excluding hydrogens is 851 g/mol. The number of benzene rings is 2. The van der Waals surface area contributed by atoms with Gasteiger partial charge in [0.25, 0.3) is 5.88 Å². The van der Waals surface area contributed by atoms with E-state index < -0.39 is 50.5 Å². The van der Waals surface area contributed by atoms with Gasteiger partial charge in [0.2, 0.25) is 27.4 Å². The molecule has 0 spiro atoms. The van der Waals surface area contributed by atoms with Gasteiger partial charge in [0.1, 0.15) is 39.7 Å². The molecular formula is C46H48ClFN6O8S. The number of sulfonamides is 1. The van der Waals surface area contributed by atoms with Crippen LogP contribution < -0.4 is 14.2 Å². The number of hydrogen-bond acceptors (Lipinski definition) is 12. The number of ketones is 1. The lowest BCUT2D eigenvalue weighted by molar-refractivity contribution is -0.142. The second-order valence-corrected chi connectivity index (χ2v) is 19.8. The minimum Gasteiger partial charge on any atom is -0.491 e. The molecule has 5 atom stereocenters. The monoisotopic (exact) mass is 898 g/mol. The first kappa shape index (κ1) is 42.8. The molecule has 2 aliphatic heterocycles. The molecule has 330 valence electrons. The Kier molecular flexibility index (Phi) is 11.7. The molecule has 2 saturated carbocycles. The highest BCUT2D eigenvalue weighted by Gasteiger charge is 2.61. The summed E-state index contributed by atoms with van der Waals surface area (Å²) in [7, 11) is -3.89. The molecule has 9 rings (SSSR count). The summed E-state index contributed by atoms with van der Waals surface area (Å²) < 4.78 is 61.7. The van der Waals surface area contributed by atoms with Gasteiger partial charge in [-0.25, -0.2) is 27.8 Å². The lowest BCUT2D eigenvalue weighted by Crippen LogP contribution is -2.46. The maximum atomic E-state index is 14.9. The average Bonchev–Trinajstić information content (AvgIpc) is 4.15. The lowest BCUT2D eigenvalue weighted by Gasteiger charge is -2.29. The zero-order chi connectivity index (χ0) is 44.0. The van der Waals surface area contributed by atoms with E-state index >= 15 is 0 Å². The van der Waals surface area contributed by atoms with Crippen molar-refractivity contribution in [2.45, 2.75) is 108 Å². The normalized spacial score (nSPS) is 25.0. The summed E-state index contributed by atoms with van der Waals surface area (Å²) in [5.74, 6) is -1.45. The third-order valence-corrected chi connectivity index (χ3v) is 14.5. The Bertz CT molecular complexity index is 2730. The quantitative estimate of drug-likeness (QED) is 0.107. The second kappa shape index (κ2) is 17.2. The van der Waals surface area contributed by atoms with E-state index in [0.29, 0.717) is 59.3 Å². The summed E-state index contributed by atoms with van der Waals surface area (Å²) in [6.07, 6.45) is 9.49. The predicted molar refractivity (Wildman–Crippen MR) is 232 cm³/mol. The number of amides is 2. The molecule has 1 saturated heterocycles. The van der Waals surface area contributed by atoms with Crippen molar-refractivity contribution >= 4 is 61.3 Å². The van der Waals surface area contributed by atoms with E-state index in [-0.39, 0.29) is 72.0 Å². The minimum absolute atomic E-state index is 0.0162. The summed E-state index contributed by atoms with van der Waals surface area (Å²) in [6.45, 7) is 3.84. The zero-order valence-electron chi connectivity index (χ0n) is 35.0. The number of carbonyl (C=O) groups excluding carboxylic acids is 3. The number of fused-ring (bicyclic) bond motifs is 5. The number of aromatic nitrogens is 4. The fraction of sp³-hybridized carbons (Fsp3) is 0.457. The van der Waals surface area contributed by atoms with Crippen LogP contribution in [0.25, 0.3) is 33.5 Å². The van der Waals surface area contributed by atoms with E-state index in [1.165, 1.54) is 29.3 Å². The van der Waals surface area contributed by atoms with Crippen molar-refractivity contribution in [2.24, 2.45) is 17.3 Å². The van der Waals surface area contributed by atoms with E-state index in [2.05, 4.69) is 14.7 Å². The summed E-state index contributed by atoms with van der Waals surface area (Å²) in [5, 5.41) is 0.0331. The van der Waals surface area contributed by atoms with Gasteiger partial charge in [-0.05, 0) is 107 Å². The van der Waals surface area contributed by atoms with Crippen LogP contribution in [0.5, 0.6) is 11.6 Å². The highest BCUT2D eigenvalue weighted by molar-refractivity contribution is 7.90. The molecule has 0 bridgehead atoms. The van der Waals surface area contributed by atoms with E-state index in [9.17, 15) is 27.2 Å². The summed E-state index contributed by atoms with van der Waals surface area (Å²) in [4.78, 5) is 63.6. The smallest absolute Gasteiger partial charge is 0.262 e. The van der Waals surface area contributed by atoms with Crippen molar-refractivity contribution < 1.29 is 41.1 Å². The zero-order valence-corrected chi connectivity index (χ0v) is 36.5. The Morgan fingerprint density at radius 1 is 1.05 bits per heavy atom. The number of ether oxygens (including phenoxy) is 2. The molecule has 3 fully saturated rings. The molecule has 0 radical (unpaired) electrons. The SMILES string of the molecule is CC(C)Oc1ccc(-c2nc(O[C@@H]3C[C@H]4C(=O)C[C@]5(C(=O)NS(=O)(=O)C6CC6)C[C@H]5/C=C\CCCCC[C@H](Cc5nccc(Cl)n5)C(=O)N4C3)c3oc4ccc(F)cc4c3n2)cc1. The maximum absolute atomic E-state index is 14.9. The molecule has 3 aromatic heterocycles. The number of halogens is 2. The van der Waals surface area contributed by atoms with Crippen molar-refractivity contribution in [1.29, 1.82) is 0 Å². The Hall–Kier alpha value is -5.48. The number of allylic oxidation sites excluding steroid dienone is 2. The molecule has 2 amide bonds. The number of nitrogens with one attached hydrogen (secondary N) is 1. The van der Waals surface area contributed by atoms with Gasteiger partial charge in [-0.1, -0.05) is 36.6 Å². The summed E-state index contributed by atoms with van der Waals surface area (Å²) >= 11 is 6.24. The molecule has 5 aromatic rings. The first-order chi connectivity index (χ1) is 30.3. The van der Waals surface area contributed by atoms with E-state index in [1.807, 2.05) is 26.0 Å². The van der Waals surface area contributed by atoms with Crippen LogP contribution >= 0.6 is 11.6 Å². The Labute approximate surface area is 369 Å². The van der Waals surface area contributed by atoms with Gasteiger partial charge in [0.15, 0.2) is 11.6 Å². The maximum Gasteiger partial charge on any atom is 0.262 e. The van der Waals surface area contributed by atoms with Crippen molar-refractivity contribution in [3.05, 3.63) is 83.7 Å². The molecule has 14 nitrogen and oxygen atoms in total.